The third-order valence-corrected chi connectivity index (χ3v) is 3.63. The zero-order valence-electron chi connectivity index (χ0n) is 11.6. The predicted molar refractivity (Wildman–Crippen MR) is 73.2 cm³/mol. The van der Waals surface area contributed by atoms with Crippen LogP contribution in [0.4, 0.5) is 0 Å². The Kier molecular flexibility index (Phi) is 4.80. The SMILES string of the molecule is CN(C)CC1CCN(Cc2ccc(CN)o2)CC1. The van der Waals surface area contributed by atoms with Gasteiger partial charge in [-0.05, 0) is 58.1 Å². The normalized spacial score (nSPS) is 18.7. The van der Waals surface area contributed by atoms with Gasteiger partial charge in [0, 0.05) is 6.54 Å². The molecule has 1 aromatic heterocycles. The van der Waals surface area contributed by atoms with Crippen LogP contribution in [0, 0.1) is 5.92 Å². The molecule has 0 aromatic carbocycles. The van der Waals surface area contributed by atoms with Crippen LogP contribution in [0.15, 0.2) is 16.5 Å². The quantitative estimate of drug-likeness (QED) is 0.861. The third kappa shape index (κ3) is 3.83. The number of hydrogen-bond donors (Lipinski definition) is 1. The molecule has 1 aromatic rings. The minimum atomic E-state index is 0.491. The van der Waals surface area contributed by atoms with Gasteiger partial charge >= 0.3 is 0 Å². The first-order valence-electron chi connectivity index (χ1n) is 6.82. The maximum absolute atomic E-state index is 5.65. The first-order valence-corrected chi connectivity index (χ1v) is 6.82. The molecule has 4 heteroatoms. The highest BCUT2D eigenvalue weighted by molar-refractivity contribution is 5.06. The molecule has 0 spiro atoms. The molecule has 0 amide bonds. The molecule has 0 bridgehead atoms. The van der Waals surface area contributed by atoms with Crippen molar-refractivity contribution in [1.82, 2.24) is 9.80 Å². The molecule has 1 aliphatic heterocycles. The maximum Gasteiger partial charge on any atom is 0.118 e. The van der Waals surface area contributed by atoms with E-state index in [9.17, 15) is 0 Å². The Labute approximate surface area is 110 Å². The van der Waals surface area contributed by atoms with Crippen molar-refractivity contribution in [2.45, 2.75) is 25.9 Å². The monoisotopic (exact) mass is 251 g/mol. The molecule has 2 N–H and O–H groups in total. The lowest BCUT2D eigenvalue weighted by Gasteiger charge is -2.32. The fourth-order valence-corrected chi connectivity index (χ4v) is 2.68. The smallest absolute Gasteiger partial charge is 0.118 e. The van der Waals surface area contributed by atoms with Gasteiger partial charge in [0.05, 0.1) is 13.1 Å². The largest absolute Gasteiger partial charge is 0.463 e. The summed E-state index contributed by atoms with van der Waals surface area (Å²) in [5, 5.41) is 0. The minimum Gasteiger partial charge on any atom is -0.463 e. The molecule has 2 heterocycles. The zero-order chi connectivity index (χ0) is 13.0. The number of piperidine rings is 1. The zero-order valence-corrected chi connectivity index (χ0v) is 11.6. The van der Waals surface area contributed by atoms with E-state index in [2.05, 4.69) is 23.9 Å². The van der Waals surface area contributed by atoms with Crippen LogP contribution in [-0.4, -0.2) is 43.5 Å². The van der Waals surface area contributed by atoms with Crippen molar-refractivity contribution in [3.05, 3.63) is 23.7 Å². The van der Waals surface area contributed by atoms with E-state index in [4.69, 9.17) is 10.2 Å². The van der Waals surface area contributed by atoms with E-state index in [1.807, 2.05) is 12.1 Å². The number of likely N-dealkylation sites (tertiary alicyclic amines) is 1. The topological polar surface area (TPSA) is 45.6 Å². The third-order valence-electron chi connectivity index (χ3n) is 3.63. The standard InChI is InChI=1S/C14H25N3O/c1-16(2)10-12-5-7-17(8-6-12)11-14-4-3-13(9-15)18-14/h3-4,12H,5-11,15H2,1-2H3. The fourth-order valence-electron chi connectivity index (χ4n) is 2.68. The van der Waals surface area contributed by atoms with Crippen molar-refractivity contribution < 1.29 is 4.42 Å². The van der Waals surface area contributed by atoms with Gasteiger partial charge in [0.15, 0.2) is 0 Å². The molecule has 0 atom stereocenters. The van der Waals surface area contributed by atoms with Gasteiger partial charge in [-0.2, -0.15) is 0 Å². The van der Waals surface area contributed by atoms with Crippen LogP contribution in [0.1, 0.15) is 24.4 Å². The summed E-state index contributed by atoms with van der Waals surface area (Å²) in [6.07, 6.45) is 2.59. The Morgan fingerprint density at radius 2 is 1.94 bits per heavy atom. The van der Waals surface area contributed by atoms with Crippen LogP contribution >= 0.6 is 0 Å². The number of rotatable bonds is 5. The Balaban J connectivity index is 1.76. The Morgan fingerprint density at radius 1 is 1.28 bits per heavy atom. The van der Waals surface area contributed by atoms with E-state index >= 15 is 0 Å². The highest BCUT2D eigenvalue weighted by Gasteiger charge is 2.20. The average Bonchev–Trinajstić information content (AvgIpc) is 2.79. The Hall–Kier alpha value is -0.840. The molecule has 0 saturated carbocycles. The predicted octanol–water partition coefficient (Wildman–Crippen LogP) is 1.51. The van der Waals surface area contributed by atoms with Gasteiger partial charge < -0.3 is 15.1 Å². The van der Waals surface area contributed by atoms with Crippen LogP contribution in [0.3, 0.4) is 0 Å². The van der Waals surface area contributed by atoms with Crippen molar-refractivity contribution in [3.8, 4) is 0 Å². The highest BCUT2D eigenvalue weighted by Crippen LogP contribution is 2.20. The average molecular weight is 251 g/mol. The van der Waals surface area contributed by atoms with Crippen molar-refractivity contribution in [2.75, 3.05) is 33.7 Å². The van der Waals surface area contributed by atoms with Gasteiger partial charge in [-0.1, -0.05) is 0 Å². The van der Waals surface area contributed by atoms with E-state index in [-0.39, 0.29) is 0 Å². The summed E-state index contributed by atoms with van der Waals surface area (Å²) in [6, 6.07) is 4.03. The second kappa shape index (κ2) is 6.36. The molecule has 2 rings (SSSR count). The lowest BCUT2D eigenvalue weighted by molar-refractivity contribution is 0.148. The molecule has 1 saturated heterocycles. The second-order valence-electron chi connectivity index (χ2n) is 5.55. The van der Waals surface area contributed by atoms with E-state index < -0.39 is 0 Å². The molecule has 1 aliphatic rings. The van der Waals surface area contributed by atoms with E-state index in [0.717, 1.165) is 24.0 Å². The van der Waals surface area contributed by atoms with Gasteiger partial charge in [0.1, 0.15) is 11.5 Å². The van der Waals surface area contributed by atoms with Crippen LogP contribution < -0.4 is 5.73 Å². The van der Waals surface area contributed by atoms with E-state index in [0.29, 0.717) is 6.54 Å². The summed E-state index contributed by atoms with van der Waals surface area (Å²) in [7, 11) is 4.31. The van der Waals surface area contributed by atoms with Crippen LogP contribution in [0.25, 0.3) is 0 Å². The molecular weight excluding hydrogens is 226 g/mol. The second-order valence-corrected chi connectivity index (χ2v) is 5.55. The molecule has 1 fully saturated rings. The molecule has 18 heavy (non-hydrogen) atoms. The minimum absolute atomic E-state index is 0.491. The van der Waals surface area contributed by atoms with E-state index in [1.54, 1.807) is 0 Å². The van der Waals surface area contributed by atoms with Crippen molar-refractivity contribution >= 4 is 0 Å². The van der Waals surface area contributed by atoms with Gasteiger partial charge in [-0.15, -0.1) is 0 Å². The lowest BCUT2D eigenvalue weighted by atomic mass is 9.96. The van der Waals surface area contributed by atoms with Gasteiger partial charge in [0.25, 0.3) is 0 Å². The summed E-state index contributed by atoms with van der Waals surface area (Å²) in [4.78, 5) is 4.77. The molecule has 0 unspecified atom stereocenters. The number of nitrogens with zero attached hydrogens (tertiary/aromatic N) is 2. The van der Waals surface area contributed by atoms with Crippen LogP contribution in [-0.2, 0) is 13.1 Å². The van der Waals surface area contributed by atoms with Crippen LogP contribution in [0.2, 0.25) is 0 Å². The van der Waals surface area contributed by atoms with Crippen molar-refractivity contribution in [1.29, 1.82) is 0 Å². The lowest BCUT2D eigenvalue weighted by Crippen LogP contribution is -2.36. The van der Waals surface area contributed by atoms with Crippen LogP contribution in [0.5, 0.6) is 0 Å². The first kappa shape index (κ1) is 13.6. The number of nitrogens with two attached hydrogens (primary N) is 1. The van der Waals surface area contributed by atoms with Crippen molar-refractivity contribution in [2.24, 2.45) is 11.7 Å². The molecular formula is C14H25N3O. The fraction of sp³-hybridized carbons (Fsp3) is 0.714. The maximum atomic E-state index is 5.65. The molecule has 4 nitrogen and oxygen atoms in total. The Morgan fingerprint density at radius 3 is 2.50 bits per heavy atom. The highest BCUT2D eigenvalue weighted by atomic mass is 16.3. The molecule has 0 radical (unpaired) electrons. The molecule has 102 valence electrons. The number of hydrogen-bond acceptors (Lipinski definition) is 4. The summed E-state index contributed by atoms with van der Waals surface area (Å²) in [6.45, 7) is 4.99. The summed E-state index contributed by atoms with van der Waals surface area (Å²) in [5.74, 6) is 2.78. The number of furan rings is 1. The Bertz CT molecular complexity index is 354. The van der Waals surface area contributed by atoms with Gasteiger partial charge in [0.2, 0.25) is 0 Å². The van der Waals surface area contributed by atoms with E-state index in [1.165, 1.54) is 32.5 Å². The van der Waals surface area contributed by atoms with Crippen molar-refractivity contribution in [3.63, 3.8) is 0 Å². The molecule has 0 aliphatic carbocycles. The first-order chi connectivity index (χ1) is 8.67. The summed E-state index contributed by atoms with van der Waals surface area (Å²) >= 11 is 0. The summed E-state index contributed by atoms with van der Waals surface area (Å²) < 4.78 is 5.65. The van der Waals surface area contributed by atoms with Gasteiger partial charge in [-0.25, -0.2) is 0 Å². The van der Waals surface area contributed by atoms with Gasteiger partial charge in [-0.3, -0.25) is 4.90 Å². The summed E-state index contributed by atoms with van der Waals surface area (Å²) in [5.41, 5.74) is 5.55.